The number of carboxylic acid groups (broad SMARTS) is 1. The Morgan fingerprint density at radius 3 is 3.08 bits per heavy atom. The van der Waals surface area contributed by atoms with Crippen LogP contribution in [0.15, 0.2) is 18.7 Å². The summed E-state index contributed by atoms with van der Waals surface area (Å²) in [7, 11) is 0. The SMILES string of the molecule is CC(OCCn1ccnc1)C(=O)O. The van der Waals surface area contributed by atoms with Gasteiger partial charge in [0.05, 0.1) is 12.9 Å². The van der Waals surface area contributed by atoms with Crippen LogP contribution in [0.25, 0.3) is 0 Å². The van der Waals surface area contributed by atoms with E-state index in [0.717, 1.165) is 0 Å². The van der Waals surface area contributed by atoms with Gasteiger partial charge >= 0.3 is 5.97 Å². The topological polar surface area (TPSA) is 64.4 Å². The molecule has 72 valence electrons. The van der Waals surface area contributed by atoms with Crippen molar-refractivity contribution in [3.63, 3.8) is 0 Å². The number of hydrogen-bond donors (Lipinski definition) is 1. The van der Waals surface area contributed by atoms with E-state index in [4.69, 9.17) is 9.84 Å². The molecular formula is C8H12N2O3. The van der Waals surface area contributed by atoms with Crippen LogP contribution in [0, 0.1) is 0 Å². The number of ether oxygens (including phenoxy) is 1. The third kappa shape index (κ3) is 3.25. The molecule has 0 aliphatic rings. The van der Waals surface area contributed by atoms with Crippen LogP contribution in [0.1, 0.15) is 6.92 Å². The van der Waals surface area contributed by atoms with Gasteiger partial charge in [-0.25, -0.2) is 9.78 Å². The van der Waals surface area contributed by atoms with Crippen LogP contribution < -0.4 is 0 Å². The zero-order valence-electron chi connectivity index (χ0n) is 7.38. The summed E-state index contributed by atoms with van der Waals surface area (Å²) in [4.78, 5) is 14.2. The quantitative estimate of drug-likeness (QED) is 0.718. The number of aliphatic carboxylic acids is 1. The molecule has 1 heterocycles. The molecule has 0 aromatic carbocycles. The van der Waals surface area contributed by atoms with E-state index in [1.807, 2.05) is 4.57 Å². The maximum Gasteiger partial charge on any atom is 0.332 e. The molecule has 0 radical (unpaired) electrons. The molecule has 0 spiro atoms. The number of carboxylic acids is 1. The maximum atomic E-state index is 10.3. The van der Waals surface area contributed by atoms with E-state index < -0.39 is 12.1 Å². The van der Waals surface area contributed by atoms with Gasteiger partial charge in [-0.15, -0.1) is 0 Å². The summed E-state index contributed by atoms with van der Waals surface area (Å²) in [5.74, 6) is -0.939. The first-order valence-electron chi connectivity index (χ1n) is 4.00. The van der Waals surface area contributed by atoms with Crippen LogP contribution in [0.2, 0.25) is 0 Å². The normalized spacial score (nSPS) is 12.7. The lowest BCUT2D eigenvalue weighted by atomic mass is 10.4. The Morgan fingerprint density at radius 2 is 2.54 bits per heavy atom. The van der Waals surface area contributed by atoms with Gasteiger partial charge in [0, 0.05) is 18.9 Å². The third-order valence-corrected chi connectivity index (χ3v) is 1.62. The maximum absolute atomic E-state index is 10.3. The van der Waals surface area contributed by atoms with E-state index in [1.165, 1.54) is 6.92 Å². The molecular weight excluding hydrogens is 172 g/mol. The smallest absolute Gasteiger partial charge is 0.332 e. The lowest BCUT2D eigenvalue weighted by molar-refractivity contribution is -0.149. The van der Waals surface area contributed by atoms with Gasteiger partial charge in [0.2, 0.25) is 0 Å². The molecule has 0 amide bonds. The highest BCUT2D eigenvalue weighted by atomic mass is 16.5. The lowest BCUT2D eigenvalue weighted by Gasteiger charge is -2.07. The fourth-order valence-electron chi connectivity index (χ4n) is 0.825. The summed E-state index contributed by atoms with van der Waals surface area (Å²) in [6.45, 7) is 2.51. The Bertz CT molecular complexity index is 258. The average molecular weight is 184 g/mol. The standard InChI is InChI=1S/C8H12N2O3/c1-7(8(11)12)13-5-4-10-3-2-9-6-10/h2-3,6-7H,4-5H2,1H3,(H,11,12). The molecule has 1 N–H and O–H groups in total. The van der Waals surface area contributed by atoms with Crippen molar-refractivity contribution in [2.75, 3.05) is 6.61 Å². The van der Waals surface area contributed by atoms with Crippen LogP contribution in [0.3, 0.4) is 0 Å². The fourth-order valence-corrected chi connectivity index (χ4v) is 0.825. The molecule has 1 atom stereocenters. The first-order valence-corrected chi connectivity index (χ1v) is 4.00. The van der Waals surface area contributed by atoms with Crippen molar-refractivity contribution in [1.29, 1.82) is 0 Å². The van der Waals surface area contributed by atoms with E-state index in [-0.39, 0.29) is 0 Å². The predicted octanol–water partition coefficient (Wildman–Crippen LogP) is 0.373. The van der Waals surface area contributed by atoms with Crippen molar-refractivity contribution in [2.24, 2.45) is 0 Å². The zero-order chi connectivity index (χ0) is 9.68. The van der Waals surface area contributed by atoms with Crippen LogP contribution in [-0.2, 0) is 16.1 Å². The number of nitrogens with zero attached hydrogens (tertiary/aromatic N) is 2. The van der Waals surface area contributed by atoms with Crippen LogP contribution in [0.5, 0.6) is 0 Å². The largest absolute Gasteiger partial charge is 0.479 e. The monoisotopic (exact) mass is 184 g/mol. The van der Waals surface area contributed by atoms with Gasteiger partial charge in [0.1, 0.15) is 0 Å². The molecule has 13 heavy (non-hydrogen) atoms. The van der Waals surface area contributed by atoms with Gasteiger partial charge in [-0.3, -0.25) is 0 Å². The van der Waals surface area contributed by atoms with Gasteiger partial charge in [-0.2, -0.15) is 0 Å². The number of hydrogen-bond acceptors (Lipinski definition) is 3. The van der Waals surface area contributed by atoms with Gasteiger partial charge < -0.3 is 14.4 Å². The molecule has 0 bridgehead atoms. The van der Waals surface area contributed by atoms with E-state index in [9.17, 15) is 4.79 Å². The Morgan fingerprint density at radius 1 is 1.77 bits per heavy atom. The summed E-state index contributed by atoms with van der Waals surface area (Å²) in [5, 5.41) is 8.50. The summed E-state index contributed by atoms with van der Waals surface area (Å²) in [6, 6.07) is 0. The van der Waals surface area contributed by atoms with Crippen molar-refractivity contribution >= 4 is 5.97 Å². The number of imidazole rings is 1. The Labute approximate surface area is 76.0 Å². The predicted molar refractivity (Wildman–Crippen MR) is 45.3 cm³/mol. The number of aromatic nitrogens is 2. The summed E-state index contributed by atoms with van der Waals surface area (Å²) < 4.78 is 6.86. The minimum Gasteiger partial charge on any atom is -0.479 e. The highest BCUT2D eigenvalue weighted by Gasteiger charge is 2.09. The highest BCUT2D eigenvalue weighted by molar-refractivity contribution is 5.71. The highest BCUT2D eigenvalue weighted by Crippen LogP contribution is 1.92. The van der Waals surface area contributed by atoms with Crippen LogP contribution in [-0.4, -0.2) is 33.3 Å². The molecule has 1 rings (SSSR count). The van der Waals surface area contributed by atoms with E-state index in [2.05, 4.69) is 4.98 Å². The van der Waals surface area contributed by atoms with Gasteiger partial charge in [-0.1, -0.05) is 0 Å². The zero-order valence-corrected chi connectivity index (χ0v) is 7.38. The van der Waals surface area contributed by atoms with Crippen molar-refractivity contribution in [1.82, 2.24) is 9.55 Å². The van der Waals surface area contributed by atoms with Crippen molar-refractivity contribution in [3.8, 4) is 0 Å². The molecule has 5 nitrogen and oxygen atoms in total. The summed E-state index contributed by atoms with van der Waals surface area (Å²) in [5.41, 5.74) is 0. The minimum atomic E-state index is -0.939. The minimum absolute atomic E-state index is 0.379. The second kappa shape index (κ2) is 4.61. The van der Waals surface area contributed by atoms with E-state index in [0.29, 0.717) is 13.2 Å². The first-order chi connectivity index (χ1) is 6.20. The fraction of sp³-hybridized carbons (Fsp3) is 0.500. The Hall–Kier alpha value is -1.36. The summed E-state index contributed by atoms with van der Waals surface area (Å²) >= 11 is 0. The number of rotatable bonds is 5. The molecule has 0 saturated carbocycles. The molecule has 1 unspecified atom stereocenters. The second-order valence-corrected chi connectivity index (χ2v) is 2.65. The average Bonchev–Trinajstić information content (AvgIpc) is 2.56. The molecule has 0 aliphatic carbocycles. The first kappa shape index (κ1) is 9.73. The molecule has 0 aliphatic heterocycles. The van der Waals surface area contributed by atoms with Crippen molar-refractivity contribution in [2.45, 2.75) is 19.6 Å². The summed E-state index contributed by atoms with van der Waals surface area (Å²) in [6.07, 6.45) is 4.38. The third-order valence-electron chi connectivity index (χ3n) is 1.62. The van der Waals surface area contributed by atoms with Gasteiger partial charge in [-0.05, 0) is 6.92 Å². The van der Waals surface area contributed by atoms with Gasteiger partial charge in [0.25, 0.3) is 0 Å². The van der Waals surface area contributed by atoms with E-state index >= 15 is 0 Å². The van der Waals surface area contributed by atoms with Crippen LogP contribution >= 0.6 is 0 Å². The molecule has 5 heteroatoms. The number of carbonyl (C=O) groups is 1. The van der Waals surface area contributed by atoms with Crippen molar-refractivity contribution in [3.05, 3.63) is 18.7 Å². The molecule has 0 saturated heterocycles. The Balaban J connectivity index is 2.18. The second-order valence-electron chi connectivity index (χ2n) is 2.65. The van der Waals surface area contributed by atoms with Crippen molar-refractivity contribution < 1.29 is 14.6 Å². The van der Waals surface area contributed by atoms with Crippen LogP contribution in [0.4, 0.5) is 0 Å². The molecule has 0 fully saturated rings. The molecule has 1 aromatic rings. The van der Waals surface area contributed by atoms with Gasteiger partial charge in [0.15, 0.2) is 6.10 Å². The molecule has 1 aromatic heterocycles. The Kier molecular flexibility index (Phi) is 3.45. The lowest BCUT2D eigenvalue weighted by Crippen LogP contribution is -2.21. The van der Waals surface area contributed by atoms with E-state index in [1.54, 1.807) is 18.7 Å².